The molecule has 6 heteroatoms. The third-order valence-corrected chi connectivity index (χ3v) is 7.09. The normalized spacial score (nSPS) is 23.6. The number of piperidine rings is 1. The molecule has 33 heavy (non-hydrogen) atoms. The zero-order valence-corrected chi connectivity index (χ0v) is 19.6. The zero-order chi connectivity index (χ0) is 23.0. The van der Waals surface area contributed by atoms with E-state index in [1.165, 1.54) is 24.8 Å². The van der Waals surface area contributed by atoms with Crippen LogP contribution < -0.4 is 15.4 Å². The van der Waals surface area contributed by atoms with E-state index in [0.717, 1.165) is 56.8 Å². The summed E-state index contributed by atoms with van der Waals surface area (Å²) >= 11 is 0. The minimum Gasteiger partial charge on any atom is -0.497 e. The maximum Gasteiger partial charge on any atom is 0.319 e. The van der Waals surface area contributed by atoms with Crippen molar-refractivity contribution in [1.82, 2.24) is 10.2 Å². The molecule has 2 fully saturated rings. The standard InChI is InChI=1S/C27H36FN3O2/c1-33-25-9-4-8-24(17-25)29-27(32)30-26-10-3-2-7-22(26)19-31-15-5-6-21(18-31)16-20-11-13-23(28)14-12-20/h4,8-9,11-14,17,21-22,26H,2-3,5-7,10,15-16,18-19H2,1H3,(H2,29,30,32)/t21-,22+,26-/m1/s1. The summed E-state index contributed by atoms with van der Waals surface area (Å²) in [7, 11) is 1.62. The van der Waals surface area contributed by atoms with Crippen molar-refractivity contribution in [3.05, 3.63) is 59.9 Å². The molecular formula is C27H36FN3O2. The average Bonchev–Trinajstić information content (AvgIpc) is 2.82. The van der Waals surface area contributed by atoms with E-state index >= 15 is 0 Å². The molecule has 0 bridgehead atoms. The minimum absolute atomic E-state index is 0.145. The van der Waals surface area contributed by atoms with Crippen LogP contribution in [0.2, 0.25) is 0 Å². The van der Waals surface area contributed by atoms with E-state index in [2.05, 4.69) is 15.5 Å². The molecule has 0 radical (unpaired) electrons. The van der Waals surface area contributed by atoms with Crippen LogP contribution in [0.15, 0.2) is 48.5 Å². The first kappa shape index (κ1) is 23.6. The molecule has 1 heterocycles. The highest BCUT2D eigenvalue weighted by molar-refractivity contribution is 5.89. The molecule has 4 rings (SSSR count). The van der Waals surface area contributed by atoms with Gasteiger partial charge in [0.05, 0.1) is 7.11 Å². The van der Waals surface area contributed by atoms with Gasteiger partial charge in [-0.05, 0) is 80.3 Å². The predicted octanol–water partition coefficient (Wildman–Crippen LogP) is 5.47. The lowest BCUT2D eigenvalue weighted by molar-refractivity contribution is 0.123. The molecule has 2 aromatic rings. The van der Waals surface area contributed by atoms with Crippen LogP contribution in [0, 0.1) is 17.7 Å². The quantitative estimate of drug-likeness (QED) is 0.585. The highest BCUT2D eigenvalue weighted by atomic mass is 19.1. The number of hydrogen-bond donors (Lipinski definition) is 2. The Balaban J connectivity index is 1.30. The number of nitrogens with zero attached hydrogens (tertiary/aromatic N) is 1. The van der Waals surface area contributed by atoms with Crippen LogP contribution in [0.25, 0.3) is 0 Å². The zero-order valence-electron chi connectivity index (χ0n) is 19.6. The number of carbonyl (C=O) groups excluding carboxylic acids is 1. The van der Waals surface area contributed by atoms with Crippen molar-refractivity contribution >= 4 is 11.7 Å². The number of carbonyl (C=O) groups is 1. The monoisotopic (exact) mass is 453 g/mol. The van der Waals surface area contributed by atoms with Gasteiger partial charge in [0.25, 0.3) is 0 Å². The Labute approximate surface area is 196 Å². The molecule has 2 aliphatic rings. The molecule has 3 atom stereocenters. The minimum atomic E-state index is -0.171. The number of halogens is 1. The molecule has 0 unspecified atom stereocenters. The third kappa shape index (κ3) is 6.94. The number of hydrogen-bond acceptors (Lipinski definition) is 3. The molecule has 2 N–H and O–H groups in total. The van der Waals surface area contributed by atoms with Crippen molar-refractivity contribution in [1.29, 1.82) is 0 Å². The molecule has 1 aliphatic heterocycles. The van der Waals surface area contributed by atoms with Gasteiger partial charge < -0.3 is 20.3 Å². The second-order valence-corrected chi connectivity index (χ2v) is 9.58. The molecular weight excluding hydrogens is 417 g/mol. The van der Waals surface area contributed by atoms with Gasteiger partial charge in [0, 0.05) is 30.9 Å². The van der Waals surface area contributed by atoms with E-state index in [9.17, 15) is 9.18 Å². The molecule has 178 valence electrons. The Morgan fingerprint density at radius 1 is 1.09 bits per heavy atom. The van der Waals surface area contributed by atoms with Crippen LogP contribution in [0.5, 0.6) is 5.75 Å². The van der Waals surface area contributed by atoms with Crippen LogP contribution in [-0.4, -0.2) is 43.7 Å². The van der Waals surface area contributed by atoms with E-state index in [1.807, 2.05) is 36.4 Å². The summed E-state index contributed by atoms with van der Waals surface area (Å²) in [5, 5.41) is 6.20. The summed E-state index contributed by atoms with van der Waals surface area (Å²) in [5.74, 6) is 1.63. The Hall–Kier alpha value is -2.60. The molecule has 1 aliphatic carbocycles. The van der Waals surface area contributed by atoms with Crippen molar-refractivity contribution < 1.29 is 13.9 Å². The number of anilines is 1. The maximum absolute atomic E-state index is 13.2. The molecule has 0 aromatic heterocycles. The summed E-state index contributed by atoms with van der Waals surface area (Å²) < 4.78 is 18.5. The van der Waals surface area contributed by atoms with E-state index < -0.39 is 0 Å². The Kier molecular flexibility index (Phi) is 8.21. The average molecular weight is 454 g/mol. The second-order valence-electron chi connectivity index (χ2n) is 9.58. The summed E-state index contributed by atoms with van der Waals surface area (Å²) in [6.45, 7) is 3.24. The van der Waals surface area contributed by atoms with Gasteiger partial charge in [-0.15, -0.1) is 0 Å². The molecule has 2 aromatic carbocycles. The Morgan fingerprint density at radius 3 is 2.73 bits per heavy atom. The maximum atomic E-state index is 13.2. The topological polar surface area (TPSA) is 53.6 Å². The van der Waals surface area contributed by atoms with Crippen molar-refractivity contribution in [3.63, 3.8) is 0 Å². The number of likely N-dealkylation sites (tertiary alicyclic amines) is 1. The van der Waals surface area contributed by atoms with Gasteiger partial charge in [0.1, 0.15) is 11.6 Å². The first-order chi connectivity index (χ1) is 16.1. The lowest BCUT2D eigenvalue weighted by Gasteiger charge is -2.39. The van der Waals surface area contributed by atoms with Gasteiger partial charge in [-0.1, -0.05) is 31.0 Å². The third-order valence-electron chi connectivity index (χ3n) is 7.09. The van der Waals surface area contributed by atoms with Gasteiger partial charge in [0.2, 0.25) is 0 Å². The van der Waals surface area contributed by atoms with Crippen LogP contribution in [0.1, 0.15) is 44.1 Å². The van der Waals surface area contributed by atoms with E-state index in [-0.39, 0.29) is 17.9 Å². The number of rotatable bonds is 7. The largest absolute Gasteiger partial charge is 0.497 e. The fraction of sp³-hybridized carbons (Fsp3) is 0.519. The molecule has 1 saturated heterocycles. The smallest absolute Gasteiger partial charge is 0.319 e. The van der Waals surface area contributed by atoms with Gasteiger partial charge in [-0.25, -0.2) is 9.18 Å². The van der Waals surface area contributed by atoms with Crippen LogP contribution in [0.4, 0.5) is 14.9 Å². The number of urea groups is 1. The SMILES string of the molecule is COc1cccc(NC(=O)N[C@@H]2CCCC[C@H]2CN2CCC[C@H](Cc3ccc(F)cc3)C2)c1. The number of nitrogens with one attached hydrogen (secondary N) is 2. The fourth-order valence-corrected chi connectivity index (χ4v) is 5.42. The van der Waals surface area contributed by atoms with E-state index in [4.69, 9.17) is 4.74 Å². The van der Waals surface area contributed by atoms with E-state index in [0.29, 0.717) is 11.8 Å². The molecule has 5 nitrogen and oxygen atoms in total. The first-order valence-corrected chi connectivity index (χ1v) is 12.3. The summed E-state index contributed by atoms with van der Waals surface area (Å²) in [5.41, 5.74) is 1.95. The summed E-state index contributed by atoms with van der Waals surface area (Å²) in [6, 6.07) is 14.4. The lowest BCUT2D eigenvalue weighted by Crippen LogP contribution is -2.49. The second kappa shape index (κ2) is 11.5. The van der Waals surface area contributed by atoms with Crippen LogP contribution in [-0.2, 0) is 6.42 Å². The van der Waals surface area contributed by atoms with Crippen molar-refractivity contribution in [3.8, 4) is 5.75 Å². The van der Waals surface area contributed by atoms with Crippen molar-refractivity contribution in [2.24, 2.45) is 11.8 Å². The molecule has 2 amide bonds. The highest BCUT2D eigenvalue weighted by Gasteiger charge is 2.30. The van der Waals surface area contributed by atoms with Crippen molar-refractivity contribution in [2.75, 3.05) is 32.1 Å². The number of benzene rings is 2. The molecule has 1 saturated carbocycles. The summed E-state index contributed by atoms with van der Waals surface area (Å²) in [6.07, 6.45) is 8.01. The van der Waals surface area contributed by atoms with Gasteiger partial charge >= 0.3 is 6.03 Å². The van der Waals surface area contributed by atoms with Gasteiger partial charge in [-0.3, -0.25) is 0 Å². The summed E-state index contributed by atoms with van der Waals surface area (Å²) in [4.78, 5) is 15.3. The highest BCUT2D eigenvalue weighted by Crippen LogP contribution is 2.28. The Morgan fingerprint density at radius 2 is 1.91 bits per heavy atom. The fourth-order valence-electron chi connectivity index (χ4n) is 5.42. The van der Waals surface area contributed by atoms with Gasteiger partial charge in [-0.2, -0.15) is 0 Å². The van der Waals surface area contributed by atoms with E-state index in [1.54, 1.807) is 19.2 Å². The van der Waals surface area contributed by atoms with Crippen LogP contribution >= 0.6 is 0 Å². The Bertz CT molecular complexity index is 904. The van der Waals surface area contributed by atoms with Crippen LogP contribution in [0.3, 0.4) is 0 Å². The van der Waals surface area contributed by atoms with Crippen molar-refractivity contribution in [2.45, 2.75) is 51.0 Å². The predicted molar refractivity (Wildman–Crippen MR) is 130 cm³/mol. The lowest BCUT2D eigenvalue weighted by atomic mass is 9.83. The number of amides is 2. The molecule has 0 spiro atoms. The first-order valence-electron chi connectivity index (χ1n) is 12.3. The number of methoxy groups -OCH3 is 1. The van der Waals surface area contributed by atoms with Gasteiger partial charge in [0.15, 0.2) is 0 Å². The number of ether oxygens (including phenoxy) is 1.